The molecular formula is C32H33F3N2O3. The zero-order valence-corrected chi connectivity index (χ0v) is 23.0. The molecule has 0 unspecified atom stereocenters. The van der Waals surface area contributed by atoms with Gasteiger partial charge in [0, 0.05) is 23.8 Å². The fourth-order valence-electron chi connectivity index (χ4n) is 5.14. The van der Waals surface area contributed by atoms with E-state index in [1.54, 1.807) is 25.3 Å². The number of benzene rings is 3. The van der Waals surface area contributed by atoms with Crippen LogP contribution >= 0.6 is 0 Å². The van der Waals surface area contributed by atoms with Gasteiger partial charge in [-0.25, -0.2) is 0 Å². The van der Waals surface area contributed by atoms with Crippen LogP contribution in [0.1, 0.15) is 78.2 Å². The van der Waals surface area contributed by atoms with Crippen molar-refractivity contribution in [2.75, 3.05) is 0 Å². The van der Waals surface area contributed by atoms with Gasteiger partial charge >= 0.3 is 12.1 Å². The van der Waals surface area contributed by atoms with Crippen LogP contribution in [0.4, 0.5) is 13.2 Å². The lowest BCUT2D eigenvalue weighted by Crippen LogP contribution is -2.15. The molecule has 4 rings (SSSR count). The number of halogens is 3. The molecule has 0 bridgehead atoms. The minimum Gasteiger partial charge on any atom is -0.481 e. The second-order valence-corrected chi connectivity index (χ2v) is 10.8. The molecule has 0 saturated carbocycles. The minimum absolute atomic E-state index is 0.0355. The third kappa shape index (κ3) is 6.43. The van der Waals surface area contributed by atoms with E-state index in [0.29, 0.717) is 23.5 Å². The molecule has 1 atom stereocenters. The van der Waals surface area contributed by atoms with Crippen molar-refractivity contribution in [2.45, 2.75) is 65.6 Å². The predicted molar refractivity (Wildman–Crippen MR) is 149 cm³/mol. The van der Waals surface area contributed by atoms with Crippen LogP contribution in [0.2, 0.25) is 0 Å². The van der Waals surface area contributed by atoms with E-state index in [4.69, 9.17) is 10.2 Å². The van der Waals surface area contributed by atoms with E-state index in [-0.39, 0.29) is 24.7 Å². The maximum Gasteiger partial charge on any atom is 0.416 e. The van der Waals surface area contributed by atoms with Crippen LogP contribution in [-0.2, 0) is 11.0 Å². The Bertz CT molecular complexity index is 1540. The van der Waals surface area contributed by atoms with Crippen LogP contribution in [-0.4, -0.2) is 26.6 Å². The number of nitrogens with zero attached hydrogens (tertiary/aromatic N) is 2. The molecule has 0 amide bonds. The molecule has 210 valence electrons. The first-order valence-corrected chi connectivity index (χ1v) is 13.4. The molecule has 40 heavy (non-hydrogen) atoms. The molecular weight excluding hydrogens is 517 g/mol. The number of aliphatic carboxylic acids is 1. The lowest BCUT2D eigenvalue weighted by molar-refractivity contribution is -0.138. The number of alkyl halides is 3. The highest BCUT2D eigenvalue weighted by Crippen LogP contribution is 2.37. The molecule has 1 N–H and O–H groups in total. The van der Waals surface area contributed by atoms with Gasteiger partial charge in [0.05, 0.1) is 23.3 Å². The Morgan fingerprint density at radius 1 is 0.925 bits per heavy atom. The van der Waals surface area contributed by atoms with Crippen molar-refractivity contribution in [3.8, 4) is 11.1 Å². The second kappa shape index (κ2) is 11.7. The summed E-state index contributed by atoms with van der Waals surface area (Å²) in [6.07, 6.45) is -1.34. The number of hydrogen-bond donors (Lipinski definition) is 1. The molecule has 0 aliphatic carbocycles. The van der Waals surface area contributed by atoms with Crippen molar-refractivity contribution < 1.29 is 27.9 Å². The molecule has 3 aromatic carbocycles. The average molecular weight is 551 g/mol. The van der Waals surface area contributed by atoms with Crippen LogP contribution in [0.25, 0.3) is 22.0 Å². The quantitative estimate of drug-likeness (QED) is 0.201. The fraction of sp³-hybridized carbons (Fsp3) is 0.344. The smallest absolute Gasteiger partial charge is 0.416 e. The van der Waals surface area contributed by atoms with Crippen LogP contribution in [0.5, 0.6) is 0 Å². The third-order valence-corrected chi connectivity index (χ3v) is 7.19. The SMILES string of the molecule is Cc1cc(C(F)(F)F)ccc1-c1cc2cnn([C@@H](CC(C)C)c3ccc(C(=O)CCCC(=O)O)cc3)c2cc1C. The van der Waals surface area contributed by atoms with Crippen LogP contribution in [0.15, 0.2) is 60.8 Å². The summed E-state index contributed by atoms with van der Waals surface area (Å²) in [5.41, 5.74) is 4.92. The third-order valence-electron chi connectivity index (χ3n) is 7.19. The molecule has 5 nitrogen and oxygen atoms in total. The van der Waals surface area contributed by atoms with Gasteiger partial charge in [0.1, 0.15) is 0 Å². The van der Waals surface area contributed by atoms with Crippen molar-refractivity contribution in [2.24, 2.45) is 5.92 Å². The van der Waals surface area contributed by atoms with Gasteiger partial charge in [-0.3, -0.25) is 14.3 Å². The molecule has 8 heteroatoms. The zero-order valence-electron chi connectivity index (χ0n) is 23.0. The Kier molecular flexibility index (Phi) is 8.47. The Morgan fingerprint density at radius 3 is 2.20 bits per heavy atom. The van der Waals surface area contributed by atoms with Gasteiger partial charge in [0.15, 0.2) is 5.78 Å². The number of carboxylic acids is 1. The summed E-state index contributed by atoms with van der Waals surface area (Å²) < 4.78 is 41.5. The summed E-state index contributed by atoms with van der Waals surface area (Å²) in [7, 11) is 0. The van der Waals surface area contributed by atoms with Crippen molar-refractivity contribution in [1.29, 1.82) is 0 Å². The van der Waals surface area contributed by atoms with E-state index < -0.39 is 17.7 Å². The van der Waals surface area contributed by atoms with Crippen molar-refractivity contribution in [1.82, 2.24) is 9.78 Å². The highest BCUT2D eigenvalue weighted by Gasteiger charge is 2.31. The number of hydrogen-bond acceptors (Lipinski definition) is 3. The maximum absolute atomic E-state index is 13.2. The molecule has 1 heterocycles. The summed E-state index contributed by atoms with van der Waals surface area (Å²) in [5, 5.41) is 14.4. The maximum atomic E-state index is 13.2. The lowest BCUT2D eigenvalue weighted by atomic mass is 9.93. The second-order valence-electron chi connectivity index (χ2n) is 10.8. The van der Waals surface area contributed by atoms with Crippen LogP contribution < -0.4 is 0 Å². The van der Waals surface area contributed by atoms with E-state index in [2.05, 4.69) is 13.8 Å². The number of rotatable bonds is 10. The Balaban J connectivity index is 1.67. The lowest BCUT2D eigenvalue weighted by Gasteiger charge is -2.22. The van der Waals surface area contributed by atoms with Gasteiger partial charge in [-0.05, 0) is 84.7 Å². The van der Waals surface area contributed by atoms with Crippen molar-refractivity contribution >= 4 is 22.7 Å². The molecule has 1 aromatic heterocycles. The molecule has 0 fully saturated rings. The van der Waals surface area contributed by atoms with E-state index >= 15 is 0 Å². The van der Waals surface area contributed by atoms with Crippen molar-refractivity contribution in [3.05, 3.63) is 88.6 Å². The van der Waals surface area contributed by atoms with Crippen LogP contribution in [0, 0.1) is 19.8 Å². The Hall–Kier alpha value is -3.94. The monoisotopic (exact) mass is 550 g/mol. The number of carbonyl (C=O) groups is 2. The van der Waals surface area contributed by atoms with Gasteiger partial charge in [-0.1, -0.05) is 44.2 Å². The average Bonchev–Trinajstić information content (AvgIpc) is 3.28. The first kappa shape index (κ1) is 29.1. The predicted octanol–water partition coefficient (Wildman–Crippen LogP) is 8.41. The normalized spacial score (nSPS) is 12.7. The Labute approximate surface area is 231 Å². The number of fused-ring (bicyclic) bond motifs is 1. The molecule has 0 saturated heterocycles. The molecule has 0 radical (unpaired) electrons. The van der Waals surface area contributed by atoms with Gasteiger partial charge in [0.2, 0.25) is 0 Å². The molecule has 0 aliphatic heterocycles. The highest BCUT2D eigenvalue weighted by atomic mass is 19.4. The zero-order chi connectivity index (χ0) is 29.2. The summed E-state index contributed by atoms with van der Waals surface area (Å²) in [6, 6.07) is 15.2. The van der Waals surface area contributed by atoms with Gasteiger partial charge in [-0.2, -0.15) is 18.3 Å². The first-order valence-electron chi connectivity index (χ1n) is 13.4. The summed E-state index contributed by atoms with van der Waals surface area (Å²) >= 11 is 0. The largest absolute Gasteiger partial charge is 0.481 e. The summed E-state index contributed by atoms with van der Waals surface area (Å²) in [4.78, 5) is 23.2. The highest BCUT2D eigenvalue weighted by molar-refractivity contribution is 5.96. The number of Topliss-reactive ketones (excluding diaryl/α,β-unsaturated/α-hetero) is 1. The fourth-order valence-corrected chi connectivity index (χ4v) is 5.14. The molecule has 4 aromatic rings. The van der Waals surface area contributed by atoms with E-state index in [1.807, 2.05) is 35.9 Å². The summed E-state index contributed by atoms with van der Waals surface area (Å²) in [6.45, 7) is 7.91. The van der Waals surface area contributed by atoms with E-state index in [0.717, 1.165) is 45.6 Å². The standard InChI is InChI=1S/C32H33F3N2O3/c1-19(2)14-28(22-8-10-23(11-9-22)30(38)6-5-7-31(39)40)37-29-16-21(4)27(17-24(29)18-36-37)26-13-12-25(15-20(26)3)32(33,34)35/h8-13,15-19,28H,5-7,14H2,1-4H3,(H,39,40)/t28-/m0/s1. The number of aryl methyl sites for hydroxylation is 2. The molecule has 0 aliphatic rings. The van der Waals surface area contributed by atoms with Crippen molar-refractivity contribution in [3.63, 3.8) is 0 Å². The summed E-state index contributed by atoms with van der Waals surface area (Å²) in [5.74, 6) is -0.640. The number of carbonyl (C=O) groups excluding carboxylic acids is 1. The van der Waals surface area contributed by atoms with Gasteiger partial charge in [0.25, 0.3) is 0 Å². The first-order chi connectivity index (χ1) is 18.8. The van der Waals surface area contributed by atoms with E-state index in [9.17, 15) is 22.8 Å². The van der Waals surface area contributed by atoms with Gasteiger partial charge < -0.3 is 5.11 Å². The minimum atomic E-state index is -4.39. The Morgan fingerprint density at radius 2 is 1.60 bits per heavy atom. The number of aromatic nitrogens is 2. The topological polar surface area (TPSA) is 72.2 Å². The van der Waals surface area contributed by atoms with Gasteiger partial charge in [-0.15, -0.1) is 0 Å². The number of carboxylic acid groups (broad SMARTS) is 1. The number of ketones is 1. The molecule has 0 spiro atoms. The van der Waals surface area contributed by atoms with E-state index in [1.165, 1.54) is 12.1 Å². The van der Waals surface area contributed by atoms with Crippen LogP contribution in [0.3, 0.4) is 0 Å².